The number of fused-ring (bicyclic) bond motifs is 1. The van der Waals surface area contributed by atoms with Crippen LogP contribution >= 0.6 is 0 Å². The summed E-state index contributed by atoms with van der Waals surface area (Å²) in [5.74, 6) is -0.737. The van der Waals surface area contributed by atoms with E-state index >= 15 is 0 Å². The van der Waals surface area contributed by atoms with Crippen LogP contribution in [0.4, 0.5) is 0 Å². The average Bonchev–Trinajstić information content (AvgIpc) is 2.42. The van der Waals surface area contributed by atoms with Crippen LogP contribution in [0.5, 0.6) is 0 Å². The summed E-state index contributed by atoms with van der Waals surface area (Å²) < 4.78 is 0. The third-order valence-corrected chi connectivity index (χ3v) is 3.38. The van der Waals surface area contributed by atoms with Gasteiger partial charge in [0.2, 0.25) is 0 Å². The molecule has 0 aliphatic heterocycles. The van der Waals surface area contributed by atoms with Crippen molar-refractivity contribution in [1.82, 2.24) is 0 Å². The van der Waals surface area contributed by atoms with Gasteiger partial charge in [0.1, 0.15) is 0 Å². The van der Waals surface area contributed by atoms with Crippen molar-refractivity contribution in [3.63, 3.8) is 0 Å². The normalized spacial score (nSPS) is 12.5. The molecule has 2 aromatic carbocycles. The molecule has 0 saturated carbocycles. The first kappa shape index (κ1) is 13.6. The summed E-state index contributed by atoms with van der Waals surface area (Å²) in [6.45, 7) is 0. The number of carboxylic acid groups (broad SMARTS) is 1. The Morgan fingerprint density at radius 2 is 1.84 bits per heavy atom. The number of unbranched alkanes of at least 4 members (excludes halogenated alkanes) is 1. The van der Waals surface area contributed by atoms with E-state index in [0.29, 0.717) is 6.42 Å². The largest absolute Gasteiger partial charge is 0.481 e. The first-order chi connectivity index (χ1) is 9.18. The number of carboxylic acids is 1. The van der Waals surface area contributed by atoms with Gasteiger partial charge in [-0.15, -0.1) is 0 Å². The van der Waals surface area contributed by atoms with Gasteiger partial charge in [-0.25, -0.2) is 0 Å². The molecule has 0 heterocycles. The van der Waals surface area contributed by atoms with Gasteiger partial charge in [0.05, 0.1) is 0 Å². The zero-order chi connectivity index (χ0) is 13.7. The van der Waals surface area contributed by atoms with E-state index in [1.165, 1.54) is 10.8 Å². The molecule has 0 aromatic heterocycles. The standard InChI is InChI=1S/C16H19NO2/c17-15(10-3-4-11-16(18)19)14-9-5-7-12-6-1-2-8-13(12)14/h1-2,5-9,15H,3-4,10-11,17H2,(H,18,19). The molecule has 3 nitrogen and oxygen atoms in total. The minimum atomic E-state index is -0.737. The fourth-order valence-corrected chi connectivity index (χ4v) is 2.37. The van der Waals surface area contributed by atoms with E-state index in [0.717, 1.165) is 18.4 Å². The van der Waals surface area contributed by atoms with E-state index in [4.69, 9.17) is 10.8 Å². The highest BCUT2D eigenvalue weighted by Gasteiger charge is 2.09. The number of nitrogens with two attached hydrogens (primary N) is 1. The Kier molecular flexibility index (Phi) is 4.53. The lowest BCUT2D eigenvalue weighted by atomic mass is 9.96. The van der Waals surface area contributed by atoms with E-state index in [-0.39, 0.29) is 12.5 Å². The number of aliphatic carboxylic acids is 1. The Morgan fingerprint density at radius 1 is 1.11 bits per heavy atom. The molecule has 3 N–H and O–H groups in total. The van der Waals surface area contributed by atoms with Crippen molar-refractivity contribution in [1.29, 1.82) is 0 Å². The maximum Gasteiger partial charge on any atom is 0.303 e. The molecule has 19 heavy (non-hydrogen) atoms. The second-order valence-corrected chi connectivity index (χ2v) is 4.81. The van der Waals surface area contributed by atoms with E-state index in [9.17, 15) is 4.79 Å². The quantitative estimate of drug-likeness (QED) is 0.779. The summed E-state index contributed by atoms with van der Waals surface area (Å²) in [7, 11) is 0. The Bertz CT molecular complexity index is 560. The van der Waals surface area contributed by atoms with Crippen LogP contribution in [-0.4, -0.2) is 11.1 Å². The van der Waals surface area contributed by atoms with Crippen molar-refractivity contribution < 1.29 is 9.90 Å². The summed E-state index contributed by atoms with van der Waals surface area (Å²) in [6, 6.07) is 14.3. The fraction of sp³-hybridized carbons (Fsp3) is 0.312. The van der Waals surface area contributed by atoms with Crippen molar-refractivity contribution >= 4 is 16.7 Å². The number of carbonyl (C=O) groups is 1. The molecule has 0 bridgehead atoms. The Labute approximate surface area is 113 Å². The van der Waals surface area contributed by atoms with Gasteiger partial charge in [-0.3, -0.25) is 4.79 Å². The summed E-state index contributed by atoms with van der Waals surface area (Å²) >= 11 is 0. The SMILES string of the molecule is NC(CCCCC(=O)O)c1cccc2ccccc12. The zero-order valence-electron chi connectivity index (χ0n) is 10.9. The van der Waals surface area contributed by atoms with E-state index in [1.807, 2.05) is 18.2 Å². The fourth-order valence-electron chi connectivity index (χ4n) is 2.37. The van der Waals surface area contributed by atoms with E-state index in [2.05, 4.69) is 24.3 Å². The minimum absolute atomic E-state index is 0.0279. The first-order valence-corrected chi connectivity index (χ1v) is 6.63. The molecule has 0 spiro atoms. The molecule has 0 amide bonds. The maximum absolute atomic E-state index is 10.5. The molecule has 2 rings (SSSR count). The van der Waals surface area contributed by atoms with Crippen LogP contribution in [0, 0.1) is 0 Å². The topological polar surface area (TPSA) is 63.3 Å². The molecule has 0 radical (unpaired) electrons. The summed E-state index contributed by atoms with van der Waals surface area (Å²) in [5.41, 5.74) is 7.38. The Balaban J connectivity index is 2.05. The van der Waals surface area contributed by atoms with Gasteiger partial charge in [0, 0.05) is 12.5 Å². The van der Waals surface area contributed by atoms with Crippen LogP contribution in [0.3, 0.4) is 0 Å². The summed E-state index contributed by atoms with van der Waals surface area (Å²) in [4.78, 5) is 10.5. The van der Waals surface area contributed by atoms with Crippen molar-refractivity contribution in [2.45, 2.75) is 31.7 Å². The lowest BCUT2D eigenvalue weighted by Crippen LogP contribution is -2.10. The van der Waals surface area contributed by atoms with Gasteiger partial charge in [-0.2, -0.15) is 0 Å². The van der Waals surface area contributed by atoms with Crippen LogP contribution < -0.4 is 5.73 Å². The molecule has 3 heteroatoms. The van der Waals surface area contributed by atoms with Crippen molar-refractivity contribution in [2.75, 3.05) is 0 Å². The molecule has 0 fully saturated rings. The van der Waals surface area contributed by atoms with Crippen LogP contribution in [0.2, 0.25) is 0 Å². The third kappa shape index (κ3) is 3.55. The predicted molar refractivity (Wildman–Crippen MR) is 77.0 cm³/mol. The highest BCUT2D eigenvalue weighted by molar-refractivity contribution is 5.86. The number of hydrogen-bond donors (Lipinski definition) is 2. The molecule has 2 aromatic rings. The van der Waals surface area contributed by atoms with E-state index < -0.39 is 5.97 Å². The minimum Gasteiger partial charge on any atom is -0.481 e. The van der Waals surface area contributed by atoms with Crippen LogP contribution in [0.25, 0.3) is 10.8 Å². The number of rotatable bonds is 6. The maximum atomic E-state index is 10.5. The zero-order valence-corrected chi connectivity index (χ0v) is 10.9. The highest BCUT2D eigenvalue weighted by Crippen LogP contribution is 2.25. The second-order valence-electron chi connectivity index (χ2n) is 4.81. The Morgan fingerprint density at radius 3 is 2.63 bits per heavy atom. The smallest absolute Gasteiger partial charge is 0.303 e. The third-order valence-electron chi connectivity index (χ3n) is 3.38. The molecule has 1 atom stereocenters. The number of benzene rings is 2. The molecular formula is C16H19NO2. The first-order valence-electron chi connectivity index (χ1n) is 6.63. The van der Waals surface area contributed by atoms with Gasteiger partial charge in [-0.05, 0) is 29.2 Å². The lowest BCUT2D eigenvalue weighted by Gasteiger charge is -2.14. The van der Waals surface area contributed by atoms with Gasteiger partial charge in [0.25, 0.3) is 0 Å². The van der Waals surface area contributed by atoms with Gasteiger partial charge in [-0.1, -0.05) is 48.9 Å². The average molecular weight is 257 g/mol. The highest BCUT2D eigenvalue weighted by atomic mass is 16.4. The molecule has 1 unspecified atom stereocenters. The van der Waals surface area contributed by atoms with Gasteiger partial charge in [0.15, 0.2) is 0 Å². The van der Waals surface area contributed by atoms with Crippen molar-refractivity contribution in [3.8, 4) is 0 Å². The lowest BCUT2D eigenvalue weighted by molar-refractivity contribution is -0.137. The van der Waals surface area contributed by atoms with Crippen LogP contribution in [0.1, 0.15) is 37.3 Å². The molecule has 100 valence electrons. The molecule has 0 aliphatic rings. The Hall–Kier alpha value is -1.87. The van der Waals surface area contributed by atoms with E-state index in [1.54, 1.807) is 0 Å². The predicted octanol–water partition coefficient (Wildman–Crippen LogP) is 3.48. The monoisotopic (exact) mass is 257 g/mol. The molecular weight excluding hydrogens is 238 g/mol. The van der Waals surface area contributed by atoms with Crippen LogP contribution in [-0.2, 0) is 4.79 Å². The second kappa shape index (κ2) is 6.34. The van der Waals surface area contributed by atoms with Crippen molar-refractivity contribution in [3.05, 3.63) is 48.0 Å². The van der Waals surface area contributed by atoms with Gasteiger partial charge < -0.3 is 10.8 Å². The van der Waals surface area contributed by atoms with Gasteiger partial charge >= 0.3 is 5.97 Å². The summed E-state index contributed by atoms with van der Waals surface area (Å²) in [5, 5.41) is 11.0. The molecule has 0 aliphatic carbocycles. The number of hydrogen-bond acceptors (Lipinski definition) is 2. The molecule has 0 saturated heterocycles. The summed E-state index contributed by atoms with van der Waals surface area (Å²) in [6.07, 6.45) is 2.58. The van der Waals surface area contributed by atoms with Crippen LogP contribution in [0.15, 0.2) is 42.5 Å². The van der Waals surface area contributed by atoms with Crippen molar-refractivity contribution in [2.24, 2.45) is 5.73 Å².